The van der Waals surface area contributed by atoms with Crippen LogP contribution in [0.3, 0.4) is 0 Å². The Kier molecular flexibility index (Phi) is 12.3. The lowest BCUT2D eigenvalue weighted by molar-refractivity contribution is -0.311. The summed E-state index contributed by atoms with van der Waals surface area (Å²) in [7, 11) is 1.58. The highest BCUT2D eigenvalue weighted by atomic mass is 16.7. The Hall–Kier alpha value is -1.01. The zero-order valence-electron chi connectivity index (χ0n) is 24.8. The molecular weight excluding hydrogens is 540 g/mol. The Bertz CT molecular complexity index is 840. The Labute approximate surface area is 242 Å². The van der Waals surface area contributed by atoms with Crippen LogP contribution in [0.1, 0.15) is 59.8 Å². The molecule has 2 heterocycles. The lowest BCUT2D eigenvalue weighted by atomic mass is 9.79. The van der Waals surface area contributed by atoms with Crippen LogP contribution >= 0.6 is 0 Å². The number of amides is 1. The molecule has 240 valence electrons. The first-order chi connectivity index (χ1) is 19.2. The Morgan fingerprint density at radius 2 is 1.78 bits per heavy atom. The Morgan fingerprint density at radius 3 is 2.39 bits per heavy atom. The highest BCUT2D eigenvalue weighted by Crippen LogP contribution is 2.35. The van der Waals surface area contributed by atoms with Crippen molar-refractivity contribution in [3.63, 3.8) is 0 Å². The van der Waals surface area contributed by atoms with Crippen molar-refractivity contribution in [1.82, 2.24) is 10.6 Å². The fourth-order valence-electron chi connectivity index (χ4n) is 6.07. The van der Waals surface area contributed by atoms with Crippen molar-refractivity contribution in [2.75, 3.05) is 13.7 Å². The predicted molar refractivity (Wildman–Crippen MR) is 147 cm³/mol. The van der Waals surface area contributed by atoms with Gasteiger partial charge < -0.3 is 66.6 Å². The minimum atomic E-state index is -1.72. The fourth-order valence-corrected chi connectivity index (χ4v) is 6.07. The number of likely N-dealkylation sites (N-methyl/N-ethyl adjacent to an activating group) is 1. The molecule has 2 saturated heterocycles. The normalized spacial score (nSPS) is 44.1. The minimum absolute atomic E-state index is 0.0175. The van der Waals surface area contributed by atoms with E-state index in [-0.39, 0.29) is 31.5 Å². The van der Waals surface area contributed by atoms with E-state index in [0.717, 1.165) is 12.8 Å². The largest absolute Gasteiger partial charge is 0.391 e. The van der Waals surface area contributed by atoms with Gasteiger partial charge in [-0.2, -0.15) is 0 Å². The summed E-state index contributed by atoms with van der Waals surface area (Å²) >= 11 is 0. The van der Waals surface area contributed by atoms with E-state index in [9.17, 15) is 30.3 Å². The number of hydrogen-bond donors (Lipinski definition) is 9. The number of rotatable bonds is 11. The van der Waals surface area contributed by atoms with Crippen molar-refractivity contribution in [2.24, 2.45) is 17.4 Å². The van der Waals surface area contributed by atoms with E-state index in [0.29, 0.717) is 6.42 Å². The zero-order valence-corrected chi connectivity index (χ0v) is 24.8. The van der Waals surface area contributed by atoms with Crippen LogP contribution in [-0.2, 0) is 23.7 Å². The summed E-state index contributed by atoms with van der Waals surface area (Å²) in [6.45, 7) is 6.89. The number of aliphatic hydroxyl groups is 5. The molecule has 15 atom stereocenters. The second-order valence-electron chi connectivity index (χ2n) is 12.1. The first kappa shape index (κ1) is 34.5. The van der Waals surface area contributed by atoms with Crippen LogP contribution in [0.5, 0.6) is 0 Å². The minimum Gasteiger partial charge on any atom is -0.391 e. The molecule has 0 radical (unpaired) electrons. The van der Waals surface area contributed by atoms with E-state index in [4.69, 9.17) is 30.4 Å². The molecule has 14 heteroatoms. The third kappa shape index (κ3) is 7.94. The van der Waals surface area contributed by atoms with Gasteiger partial charge in [-0.05, 0) is 52.0 Å². The summed E-state index contributed by atoms with van der Waals surface area (Å²) in [6.07, 6.45) is -6.68. The molecule has 11 N–H and O–H groups in total. The maximum absolute atomic E-state index is 13.0. The van der Waals surface area contributed by atoms with E-state index in [2.05, 4.69) is 10.6 Å². The molecule has 41 heavy (non-hydrogen) atoms. The highest BCUT2D eigenvalue weighted by molar-refractivity contribution is 5.81. The van der Waals surface area contributed by atoms with Crippen molar-refractivity contribution in [1.29, 1.82) is 0 Å². The Balaban J connectivity index is 1.83. The third-order valence-corrected chi connectivity index (χ3v) is 8.76. The van der Waals surface area contributed by atoms with Crippen LogP contribution in [0.25, 0.3) is 0 Å². The van der Waals surface area contributed by atoms with Gasteiger partial charge in [0.1, 0.15) is 30.0 Å². The summed E-state index contributed by atoms with van der Waals surface area (Å²) in [4.78, 5) is 13.0. The van der Waals surface area contributed by atoms with Crippen molar-refractivity contribution < 1.29 is 49.3 Å². The van der Waals surface area contributed by atoms with Gasteiger partial charge in [-0.1, -0.05) is 20.8 Å². The fraction of sp³-hybridized carbons (Fsp3) is 0.963. The van der Waals surface area contributed by atoms with Gasteiger partial charge in [0.25, 0.3) is 5.91 Å². The van der Waals surface area contributed by atoms with Crippen LogP contribution in [0, 0.1) is 5.92 Å². The standard InChI is InChI=1S/C27H52N4O10/c1-6-13-8-9-14(28)25(39-13)40-21-12(3)10-15(31-24(36)18(33)17(29)16(32)7-2)22(19(21)34)41-26-20(35)23(30-5)27(4,37)11-38-26/h12-23,25-26,30,32-35,37H,6-11,28-29H2,1-5H3,(H,31,36)/t12-,13+,14?,15+,16-,17-,18-,19?,20?,21?,22?,23+,25+,26+,27?/m0/s1. The summed E-state index contributed by atoms with van der Waals surface area (Å²) in [5.41, 5.74) is 10.8. The second-order valence-corrected chi connectivity index (χ2v) is 12.1. The van der Waals surface area contributed by atoms with E-state index in [1.807, 2.05) is 13.8 Å². The van der Waals surface area contributed by atoms with E-state index >= 15 is 0 Å². The number of carbonyl (C=O) groups is 1. The van der Waals surface area contributed by atoms with E-state index < -0.39 is 84.9 Å². The van der Waals surface area contributed by atoms with Crippen molar-refractivity contribution >= 4 is 5.91 Å². The van der Waals surface area contributed by atoms with Crippen LogP contribution in [-0.4, -0.2) is 130 Å². The molecular formula is C27H52N4O10. The molecule has 3 aliphatic rings. The van der Waals surface area contributed by atoms with Crippen LogP contribution in [0.15, 0.2) is 0 Å². The number of carbonyl (C=O) groups excluding carboxylic acids is 1. The molecule has 14 nitrogen and oxygen atoms in total. The van der Waals surface area contributed by atoms with E-state index in [1.165, 1.54) is 6.92 Å². The topological polar surface area (TPSA) is 231 Å². The molecule has 2 aliphatic heterocycles. The summed E-state index contributed by atoms with van der Waals surface area (Å²) in [5.74, 6) is -1.16. The summed E-state index contributed by atoms with van der Waals surface area (Å²) < 4.78 is 24.1. The van der Waals surface area contributed by atoms with Gasteiger partial charge in [-0.25, -0.2) is 0 Å². The zero-order chi connectivity index (χ0) is 30.6. The van der Waals surface area contributed by atoms with Gasteiger partial charge in [0.05, 0.1) is 49.1 Å². The van der Waals surface area contributed by atoms with Gasteiger partial charge >= 0.3 is 0 Å². The van der Waals surface area contributed by atoms with Gasteiger partial charge in [0, 0.05) is 0 Å². The van der Waals surface area contributed by atoms with Crippen LogP contribution < -0.4 is 22.1 Å². The molecule has 1 saturated carbocycles. The number of ether oxygens (including phenoxy) is 4. The first-order valence-electron chi connectivity index (χ1n) is 14.8. The predicted octanol–water partition coefficient (Wildman–Crippen LogP) is -2.60. The molecule has 0 aromatic carbocycles. The number of hydrogen-bond acceptors (Lipinski definition) is 13. The monoisotopic (exact) mass is 592 g/mol. The Morgan fingerprint density at radius 1 is 1.12 bits per heavy atom. The highest BCUT2D eigenvalue weighted by Gasteiger charge is 2.52. The van der Waals surface area contributed by atoms with Crippen LogP contribution in [0.2, 0.25) is 0 Å². The molecule has 6 unspecified atom stereocenters. The van der Waals surface area contributed by atoms with Crippen molar-refractivity contribution in [2.45, 2.75) is 145 Å². The maximum atomic E-state index is 13.0. The quantitative estimate of drug-likeness (QED) is 0.120. The maximum Gasteiger partial charge on any atom is 0.250 e. The van der Waals surface area contributed by atoms with Crippen molar-refractivity contribution in [3.05, 3.63) is 0 Å². The molecule has 3 rings (SSSR count). The van der Waals surface area contributed by atoms with Gasteiger partial charge in [-0.3, -0.25) is 4.79 Å². The van der Waals surface area contributed by atoms with E-state index in [1.54, 1.807) is 14.0 Å². The third-order valence-electron chi connectivity index (χ3n) is 8.76. The SMILES string of the molecule is CC[C@@H]1CCC(N)[C@@H](OC2C(O)C(O[C@H]3OCC(C)(O)[C@H](NC)C3O)[C@H](NC(=O)[C@@H](O)[C@@H](N)[C@@H](O)CC)C[C@@H]2C)O1. The molecule has 0 aromatic heterocycles. The number of nitrogens with two attached hydrogens (primary N) is 2. The van der Waals surface area contributed by atoms with Gasteiger partial charge in [0.15, 0.2) is 12.6 Å². The lowest BCUT2D eigenvalue weighted by Gasteiger charge is -2.49. The summed E-state index contributed by atoms with van der Waals surface area (Å²) in [5, 5.41) is 59.4. The average molecular weight is 593 g/mol. The molecule has 3 fully saturated rings. The number of aliphatic hydroxyl groups excluding tert-OH is 4. The smallest absolute Gasteiger partial charge is 0.250 e. The van der Waals surface area contributed by atoms with Crippen molar-refractivity contribution in [3.8, 4) is 0 Å². The molecule has 0 spiro atoms. The van der Waals surface area contributed by atoms with Crippen LogP contribution in [0.4, 0.5) is 0 Å². The second kappa shape index (κ2) is 14.6. The molecule has 0 aromatic rings. The van der Waals surface area contributed by atoms with Gasteiger partial charge in [0.2, 0.25) is 0 Å². The lowest BCUT2D eigenvalue weighted by Crippen LogP contribution is -2.68. The molecule has 1 aliphatic carbocycles. The molecule has 1 amide bonds. The summed E-state index contributed by atoms with van der Waals surface area (Å²) in [6, 6.07) is -3.28. The molecule has 0 bridgehead atoms. The first-order valence-corrected chi connectivity index (χ1v) is 14.8. The van der Waals surface area contributed by atoms with Gasteiger partial charge in [-0.15, -0.1) is 0 Å². The number of nitrogens with one attached hydrogen (secondary N) is 2. The average Bonchev–Trinajstić information content (AvgIpc) is 2.93.